The van der Waals surface area contributed by atoms with Crippen molar-refractivity contribution in [3.63, 3.8) is 0 Å². The number of rotatable bonds is 2. The van der Waals surface area contributed by atoms with E-state index in [2.05, 4.69) is 4.98 Å². The first-order valence-electron chi connectivity index (χ1n) is 5.00. The van der Waals surface area contributed by atoms with Crippen molar-refractivity contribution in [2.75, 3.05) is 0 Å². The topological polar surface area (TPSA) is 30.0 Å². The molecule has 0 atom stereocenters. The van der Waals surface area contributed by atoms with Crippen molar-refractivity contribution < 1.29 is 9.18 Å². The van der Waals surface area contributed by atoms with Crippen LogP contribution in [0.4, 0.5) is 4.39 Å². The van der Waals surface area contributed by atoms with Gasteiger partial charge >= 0.3 is 0 Å². The third kappa shape index (κ3) is 2.50. The average molecular weight is 250 g/mol. The molecule has 1 heterocycles. The molecular weight excluding hydrogens is 241 g/mol. The quantitative estimate of drug-likeness (QED) is 0.764. The Morgan fingerprint density at radius 3 is 2.76 bits per heavy atom. The number of aryl methyl sites for hydroxylation is 1. The summed E-state index contributed by atoms with van der Waals surface area (Å²) >= 11 is 5.87. The van der Waals surface area contributed by atoms with Gasteiger partial charge in [0.05, 0.1) is 5.02 Å². The van der Waals surface area contributed by atoms with Crippen LogP contribution in [0.15, 0.2) is 36.5 Å². The maximum atomic E-state index is 13.1. The number of aromatic nitrogens is 1. The van der Waals surface area contributed by atoms with Crippen molar-refractivity contribution in [3.8, 4) is 0 Å². The summed E-state index contributed by atoms with van der Waals surface area (Å²) in [5, 5.41) is 0.222. The number of pyridine rings is 1. The van der Waals surface area contributed by atoms with Crippen LogP contribution >= 0.6 is 11.6 Å². The Morgan fingerprint density at radius 2 is 2.06 bits per heavy atom. The number of hydrogen-bond donors (Lipinski definition) is 0. The molecule has 1 aromatic carbocycles. The molecule has 4 heteroatoms. The zero-order valence-corrected chi connectivity index (χ0v) is 9.83. The molecule has 2 nitrogen and oxygen atoms in total. The molecule has 86 valence electrons. The van der Waals surface area contributed by atoms with Crippen molar-refractivity contribution in [3.05, 3.63) is 64.2 Å². The van der Waals surface area contributed by atoms with Gasteiger partial charge in [-0.3, -0.25) is 9.78 Å². The summed E-state index contributed by atoms with van der Waals surface area (Å²) in [7, 11) is 0. The summed E-state index contributed by atoms with van der Waals surface area (Å²) < 4.78 is 13.1. The van der Waals surface area contributed by atoms with E-state index in [0.29, 0.717) is 0 Å². The molecule has 0 spiro atoms. The van der Waals surface area contributed by atoms with Crippen molar-refractivity contribution in [2.45, 2.75) is 6.92 Å². The second-order valence-corrected chi connectivity index (χ2v) is 4.08. The molecule has 0 saturated carbocycles. The molecule has 0 radical (unpaired) electrons. The molecule has 2 rings (SSSR count). The van der Waals surface area contributed by atoms with Gasteiger partial charge in [0.2, 0.25) is 5.78 Å². The highest BCUT2D eigenvalue weighted by Crippen LogP contribution is 2.20. The predicted octanol–water partition coefficient (Wildman–Crippen LogP) is 3.41. The SMILES string of the molecule is Cc1ccnc(C(=O)c2cc(F)ccc2Cl)c1. The summed E-state index contributed by atoms with van der Waals surface area (Å²) in [5.74, 6) is -0.872. The van der Waals surface area contributed by atoms with Gasteiger partial charge in [-0.2, -0.15) is 0 Å². The number of nitrogens with zero attached hydrogens (tertiary/aromatic N) is 1. The van der Waals surface area contributed by atoms with E-state index in [9.17, 15) is 9.18 Å². The standard InChI is InChI=1S/C13H9ClFNO/c1-8-4-5-16-12(6-8)13(17)10-7-9(15)2-3-11(10)14/h2-7H,1H3. The lowest BCUT2D eigenvalue weighted by molar-refractivity contribution is 0.103. The normalized spacial score (nSPS) is 10.3. The Labute approximate surface area is 103 Å². The lowest BCUT2D eigenvalue weighted by atomic mass is 10.1. The highest BCUT2D eigenvalue weighted by Gasteiger charge is 2.14. The van der Waals surface area contributed by atoms with Gasteiger partial charge in [0.15, 0.2) is 0 Å². The van der Waals surface area contributed by atoms with Crippen LogP contribution in [0.5, 0.6) is 0 Å². The maximum Gasteiger partial charge on any atom is 0.212 e. The van der Waals surface area contributed by atoms with Crippen molar-refractivity contribution in [1.29, 1.82) is 0 Å². The van der Waals surface area contributed by atoms with Crippen LogP contribution in [-0.4, -0.2) is 10.8 Å². The van der Waals surface area contributed by atoms with Gasteiger partial charge in [-0.25, -0.2) is 4.39 Å². The van der Waals surface area contributed by atoms with Crippen LogP contribution in [0.25, 0.3) is 0 Å². The third-order valence-electron chi connectivity index (χ3n) is 2.32. The van der Waals surface area contributed by atoms with E-state index in [1.165, 1.54) is 18.3 Å². The van der Waals surface area contributed by atoms with Gasteiger partial charge in [-0.1, -0.05) is 11.6 Å². The molecular formula is C13H9ClFNO. The van der Waals surface area contributed by atoms with Crippen LogP contribution in [0.3, 0.4) is 0 Å². The number of halogens is 2. The van der Waals surface area contributed by atoms with E-state index in [0.717, 1.165) is 11.6 Å². The molecule has 2 aromatic rings. The Hall–Kier alpha value is -1.74. The molecule has 0 N–H and O–H groups in total. The second kappa shape index (κ2) is 4.63. The summed E-state index contributed by atoms with van der Waals surface area (Å²) in [4.78, 5) is 16.0. The lowest BCUT2D eigenvalue weighted by Crippen LogP contribution is -2.05. The molecule has 0 fully saturated rings. The van der Waals surface area contributed by atoms with Crippen molar-refractivity contribution in [2.24, 2.45) is 0 Å². The smallest absolute Gasteiger partial charge is 0.212 e. The molecule has 1 aromatic heterocycles. The summed E-state index contributed by atoms with van der Waals surface area (Å²) in [6.07, 6.45) is 1.54. The first-order valence-corrected chi connectivity index (χ1v) is 5.38. The Kier molecular flexibility index (Phi) is 3.20. The molecule has 0 unspecified atom stereocenters. The molecule has 0 bridgehead atoms. The van der Waals surface area contributed by atoms with E-state index >= 15 is 0 Å². The fourth-order valence-electron chi connectivity index (χ4n) is 1.47. The van der Waals surface area contributed by atoms with E-state index in [1.807, 2.05) is 6.92 Å². The van der Waals surface area contributed by atoms with E-state index in [1.54, 1.807) is 12.1 Å². The highest BCUT2D eigenvalue weighted by molar-refractivity contribution is 6.34. The zero-order chi connectivity index (χ0) is 12.4. The Morgan fingerprint density at radius 1 is 1.29 bits per heavy atom. The van der Waals surface area contributed by atoms with Gasteiger partial charge < -0.3 is 0 Å². The lowest BCUT2D eigenvalue weighted by Gasteiger charge is -2.03. The minimum atomic E-state index is -0.495. The summed E-state index contributed by atoms with van der Waals surface area (Å²) in [5.41, 5.74) is 1.30. The van der Waals surface area contributed by atoms with Gasteiger partial charge in [0.1, 0.15) is 11.5 Å². The van der Waals surface area contributed by atoms with Crippen LogP contribution < -0.4 is 0 Å². The van der Waals surface area contributed by atoms with Gasteiger partial charge in [0.25, 0.3) is 0 Å². The fourth-order valence-corrected chi connectivity index (χ4v) is 1.67. The first kappa shape index (κ1) is 11.7. The van der Waals surface area contributed by atoms with Crippen LogP contribution in [0, 0.1) is 12.7 Å². The zero-order valence-electron chi connectivity index (χ0n) is 9.08. The third-order valence-corrected chi connectivity index (χ3v) is 2.65. The minimum absolute atomic E-state index is 0.129. The second-order valence-electron chi connectivity index (χ2n) is 3.67. The fraction of sp³-hybridized carbons (Fsp3) is 0.0769. The monoisotopic (exact) mass is 249 g/mol. The molecule has 0 saturated heterocycles. The van der Waals surface area contributed by atoms with Crippen molar-refractivity contribution in [1.82, 2.24) is 4.98 Å². The van der Waals surface area contributed by atoms with Crippen LogP contribution in [-0.2, 0) is 0 Å². The number of carbonyl (C=O) groups is 1. The van der Waals surface area contributed by atoms with E-state index in [-0.39, 0.29) is 22.1 Å². The molecule has 0 aliphatic carbocycles. The highest BCUT2D eigenvalue weighted by atomic mass is 35.5. The maximum absolute atomic E-state index is 13.1. The number of carbonyl (C=O) groups excluding carboxylic acids is 1. The van der Waals surface area contributed by atoms with Gasteiger partial charge in [-0.05, 0) is 42.8 Å². The van der Waals surface area contributed by atoms with Gasteiger partial charge in [0, 0.05) is 11.8 Å². The number of ketones is 1. The first-order chi connectivity index (χ1) is 8.08. The number of hydrogen-bond acceptors (Lipinski definition) is 2. The Balaban J connectivity index is 2.47. The average Bonchev–Trinajstić information content (AvgIpc) is 2.31. The van der Waals surface area contributed by atoms with Gasteiger partial charge in [-0.15, -0.1) is 0 Å². The molecule has 0 amide bonds. The molecule has 17 heavy (non-hydrogen) atoms. The minimum Gasteiger partial charge on any atom is -0.287 e. The van der Waals surface area contributed by atoms with E-state index in [4.69, 9.17) is 11.6 Å². The predicted molar refractivity (Wildman–Crippen MR) is 63.8 cm³/mol. The van der Waals surface area contributed by atoms with Crippen LogP contribution in [0.1, 0.15) is 21.6 Å². The molecule has 0 aliphatic heterocycles. The molecule has 0 aliphatic rings. The van der Waals surface area contributed by atoms with Crippen molar-refractivity contribution >= 4 is 17.4 Å². The Bertz CT molecular complexity index is 583. The summed E-state index contributed by atoms with van der Waals surface area (Å²) in [6, 6.07) is 7.12. The summed E-state index contributed by atoms with van der Waals surface area (Å²) in [6.45, 7) is 1.85. The number of benzene rings is 1. The van der Waals surface area contributed by atoms with Crippen LogP contribution in [0.2, 0.25) is 5.02 Å². The van der Waals surface area contributed by atoms with E-state index < -0.39 is 5.82 Å². The largest absolute Gasteiger partial charge is 0.287 e.